The number of rotatable bonds is 9. The van der Waals surface area contributed by atoms with E-state index >= 15 is 0 Å². The number of ether oxygens (including phenoxy) is 1. The van der Waals surface area contributed by atoms with E-state index in [-0.39, 0.29) is 37.1 Å². The third kappa shape index (κ3) is 6.25. The Balaban J connectivity index is 1.92. The molecule has 7 nitrogen and oxygen atoms in total. The molecule has 2 aromatic rings. The quantitative estimate of drug-likeness (QED) is 0.583. The summed E-state index contributed by atoms with van der Waals surface area (Å²) in [6, 6.07) is 7.21. The van der Waals surface area contributed by atoms with Crippen LogP contribution in [0.2, 0.25) is 0 Å². The fourth-order valence-corrected chi connectivity index (χ4v) is 2.93. The van der Waals surface area contributed by atoms with Crippen molar-refractivity contribution in [1.82, 2.24) is 20.6 Å². The highest BCUT2D eigenvalue weighted by molar-refractivity contribution is 7.98. The van der Waals surface area contributed by atoms with Crippen LogP contribution in [-0.2, 0) is 9.53 Å². The molecule has 1 heterocycles. The molecule has 142 valence electrons. The molecule has 3 N–H and O–H groups in total. The zero-order chi connectivity index (χ0) is 18.9. The molecule has 1 aromatic heterocycles. The van der Waals surface area contributed by atoms with Crippen molar-refractivity contribution >= 4 is 34.8 Å². The lowest BCUT2D eigenvalue weighted by atomic mass is 10.2. The number of aromatic amines is 1. The van der Waals surface area contributed by atoms with Crippen molar-refractivity contribution in [3.63, 3.8) is 0 Å². The van der Waals surface area contributed by atoms with Gasteiger partial charge in [-0.25, -0.2) is 9.78 Å². The summed E-state index contributed by atoms with van der Waals surface area (Å²) in [5.74, 6) is 1.30. The van der Waals surface area contributed by atoms with Gasteiger partial charge in [0.15, 0.2) is 0 Å². The van der Waals surface area contributed by atoms with Gasteiger partial charge in [0.25, 0.3) is 0 Å². The van der Waals surface area contributed by atoms with Crippen LogP contribution in [0.15, 0.2) is 24.3 Å². The number of nitrogens with zero attached hydrogens (tertiary/aromatic N) is 1. The highest BCUT2D eigenvalue weighted by Gasteiger charge is 2.18. The van der Waals surface area contributed by atoms with Crippen molar-refractivity contribution in [1.29, 1.82) is 0 Å². The molecule has 26 heavy (non-hydrogen) atoms. The summed E-state index contributed by atoms with van der Waals surface area (Å²) in [6.07, 6.45) is 2.77. The normalized spacial score (nSPS) is 12.2. The third-order valence-electron chi connectivity index (χ3n) is 3.64. The number of imidazole rings is 1. The van der Waals surface area contributed by atoms with E-state index in [1.54, 1.807) is 25.6 Å². The van der Waals surface area contributed by atoms with E-state index < -0.39 is 0 Å². The summed E-state index contributed by atoms with van der Waals surface area (Å²) in [7, 11) is 0. The number of hydrogen-bond acceptors (Lipinski definition) is 5. The molecule has 0 saturated carbocycles. The highest BCUT2D eigenvalue weighted by atomic mass is 32.2. The Kier molecular flexibility index (Phi) is 7.77. The Morgan fingerprint density at radius 1 is 1.31 bits per heavy atom. The first-order valence-electron chi connectivity index (χ1n) is 8.67. The van der Waals surface area contributed by atoms with Crippen molar-refractivity contribution in [2.75, 3.05) is 18.6 Å². The molecule has 0 radical (unpaired) electrons. The SMILES string of the molecule is CSCC[C@H](NC(=O)NCCC(=O)OC(C)C)c1nc2ccccc2[nH]1. The second-order valence-corrected chi connectivity index (χ2v) is 7.15. The predicted molar refractivity (Wildman–Crippen MR) is 104 cm³/mol. The number of nitrogens with one attached hydrogen (secondary N) is 3. The Morgan fingerprint density at radius 3 is 2.77 bits per heavy atom. The maximum absolute atomic E-state index is 12.2. The van der Waals surface area contributed by atoms with Gasteiger partial charge in [0.2, 0.25) is 0 Å². The van der Waals surface area contributed by atoms with E-state index in [9.17, 15) is 9.59 Å². The summed E-state index contributed by atoms with van der Waals surface area (Å²) in [5, 5.41) is 5.63. The van der Waals surface area contributed by atoms with Gasteiger partial charge in [-0.3, -0.25) is 4.79 Å². The fraction of sp³-hybridized carbons (Fsp3) is 0.500. The van der Waals surface area contributed by atoms with E-state index in [2.05, 4.69) is 20.6 Å². The van der Waals surface area contributed by atoms with Gasteiger partial charge in [-0.05, 0) is 44.4 Å². The standard InChI is InChI=1S/C18H26N4O3S/c1-12(2)25-16(23)8-10-19-18(24)22-15(9-11-26-3)17-20-13-6-4-5-7-14(13)21-17/h4-7,12,15H,8-11H2,1-3H3,(H,20,21)(H2,19,22,24)/t15-/m0/s1. The van der Waals surface area contributed by atoms with Crippen LogP contribution < -0.4 is 10.6 Å². The number of carbonyl (C=O) groups is 2. The minimum atomic E-state index is -0.325. The van der Waals surface area contributed by atoms with Gasteiger partial charge in [-0.15, -0.1) is 0 Å². The smallest absolute Gasteiger partial charge is 0.315 e. The summed E-state index contributed by atoms with van der Waals surface area (Å²) in [5.41, 5.74) is 1.81. The molecule has 8 heteroatoms. The topological polar surface area (TPSA) is 96.1 Å². The van der Waals surface area contributed by atoms with E-state index in [1.807, 2.05) is 30.5 Å². The number of amides is 2. The minimum absolute atomic E-state index is 0.145. The first-order valence-corrected chi connectivity index (χ1v) is 10.1. The molecule has 0 aliphatic heterocycles. The van der Waals surface area contributed by atoms with E-state index in [0.29, 0.717) is 0 Å². The Hall–Kier alpha value is -2.22. The molecule has 0 aliphatic rings. The molecule has 0 unspecified atom stereocenters. The first kappa shape index (κ1) is 20.1. The Morgan fingerprint density at radius 2 is 2.08 bits per heavy atom. The number of hydrogen-bond donors (Lipinski definition) is 3. The van der Waals surface area contributed by atoms with Crippen LogP contribution in [0.1, 0.15) is 38.6 Å². The van der Waals surface area contributed by atoms with Crippen molar-refractivity contribution in [2.24, 2.45) is 0 Å². The molecule has 2 rings (SSSR count). The minimum Gasteiger partial charge on any atom is -0.463 e. The number of thioether (sulfide) groups is 1. The number of H-pyrrole nitrogens is 1. The van der Waals surface area contributed by atoms with Gasteiger partial charge >= 0.3 is 12.0 Å². The van der Waals surface area contributed by atoms with Gasteiger partial charge in [-0.1, -0.05) is 12.1 Å². The number of benzene rings is 1. The van der Waals surface area contributed by atoms with Crippen LogP contribution in [0.3, 0.4) is 0 Å². The van der Waals surface area contributed by atoms with Crippen LogP contribution in [-0.4, -0.2) is 46.6 Å². The predicted octanol–water partition coefficient (Wildman–Crippen LogP) is 3.00. The molecule has 0 fully saturated rings. The molecule has 0 aliphatic carbocycles. The number of aromatic nitrogens is 2. The van der Waals surface area contributed by atoms with Gasteiger partial charge in [-0.2, -0.15) is 11.8 Å². The molecular weight excluding hydrogens is 352 g/mol. The van der Waals surface area contributed by atoms with E-state index in [0.717, 1.165) is 29.0 Å². The van der Waals surface area contributed by atoms with Crippen molar-refractivity contribution in [3.05, 3.63) is 30.1 Å². The average molecular weight is 378 g/mol. The summed E-state index contributed by atoms with van der Waals surface area (Å²) < 4.78 is 5.04. The zero-order valence-electron chi connectivity index (χ0n) is 15.4. The van der Waals surface area contributed by atoms with Crippen LogP contribution in [0.25, 0.3) is 11.0 Å². The molecule has 0 bridgehead atoms. The molecule has 1 atom stereocenters. The lowest BCUT2D eigenvalue weighted by molar-refractivity contribution is -0.147. The Labute approximate surface area is 157 Å². The van der Waals surface area contributed by atoms with Crippen LogP contribution >= 0.6 is 11.8 Å². The maximum atomic E-state index is 12.2. The fourth-order valence-electron chi connectivity index (χ4n) is 2.46. The number of esters is 1. The van der Waals surface area contributed by atoms with Crippen molar-refractivity contribution in [3.8, 4) is 0 Å². The second kappa shape index (κ2) is 10.1. The van der Waals surface area contributed by atoms with Gasteiger partial charge in [0.05, 0.1) is 29.6 Å². The highest BCUT2D eigenvalue weighted by Crippen LogP contribution is 2.19. The molecule has 1 aromatic carbocycles. The molecule has 0 spiro atoms. The van der Waals surface area contributed by atoms with E-state index in [1.165, 1.54) is 0 Å². The summed E-state index contributed by atoms with van der Waals surface area (Å²) in [6.45, 7) is 3.82. The van der Waals surface area contributed by atoms with Gasteiger partial charge in [0, 0.05) is 6.54 Å². The van der Waals surface area contributed by atoms with Gasteiger partial charge in [0.1, 0.15) is 5.82 Å². The maximum Gasteiger partial charge on any atom is 0.315 e. The Bertz CT molecular complexity index is 699. The average Bonchev–Trinajstić information content (AvgIpc) is 3.01. The molecular formula is C18H26N4O3S. The molecule has 0 saturated heterocycles. The number of urea groups is 1. The lowest BCUT2D eigenvalue weighted by Crippen LogP contribution is -2.39. The number of carbonyl (C=O) groups excluding carboxylic acids is 2. The van der Waals surface area contributed by atoms with Crippen LogP contribution in [0, 0.1) is 0 Å². The van der Waals surface area contributed by atoms with Crippen molar-refractivity contribution < 1.29 is 14.3 Å². The number of fused-ring (bicyclic) bond motifs is 1. The largest absolute Gasteiger partial charge is 0.463 e. The van der Waals surface area contributed by atoms with Crippen LogP contribution in [0.4, 0.5) is 4.79 Å². The van der Waals surface area contributed by atoms with Crippen molar-refractivity contribution in [2.45, 2.75) is 38.8 Å². The monoisotopic (exact) mass is 378 g/mol. The second-order valence-electron chi connectivity index (χ2n) is 6.16. The summed E-state index contributed by atoms with van der Waals surface area (Å²) >= 11 is 1.71. The summed E-state index contributed by atoms with van der Waals surface area (Å²) in [4.78, 5) is 31.5. The number of para-hydroxylation sites is 2. The third-order valence-corrected chi connectivity index (χ3v) is 4.28. The first-order chi connectivity index (χ1) is 12.5. The molecule has 2 amide bonds. The zero-order valence-corrected chi connectivity index (χ0v) is 16.2. The lowest BCUT2D eigenvalue weighted by Gasteiger charge is -2.17. The van der Waals surface area contributed by atoms with E-state index in [4.69, 9.17) is 4.74 Å². The van der Waals surface area contributed by atoms with Crippen LogP contribution in [0.5, 0.6) is 0 Å². The van der Waals surface area contributed by atoms with Gasteiger partial charge < -0.3 is 20.4 Å².